The standard InChI is InChI=1S/C19H22NO4S2.C3H8O.BrH/c1-20(2)12-9-11(10-13(20)17-16(12)24-17)23-18(21)19(22,14-5-3-7-25-14)15-6-4-8-26-15;1-3(2)4;/h3-8,11-13,16-17,22H,9-10H2,1-2H3;3-4H,1-2H3;1H/q+1;;/p-1/t11?,12-,13+,16-,17+;;. The highest BCUT2D eigenvalue weighted by atomic mass is 79.9. The molecule has 5 heterocycles. The molecule has 0 amide bonds. The minimum atomic E-state index is -1.72. The molecule has 0 aliphatic carbocycles. The minimum absolute atomic E-state index is 0. The zero-order chi connectivity index (χ0) is 21.7. The van der Waals surface area contributed by atoms with Gasteiger partial charge in [0, 0.05) is 18.9 Å². The van der Waals surface area contributed by atoms with E-state index in [4.69, 9.17) is 14.6 Å². The second kappa shape index (κ2) is 9.21. The Morgan fingerprint density at radius 1 is 1.13 bits per heavy atom. The van der Waals surface area contributed by atoms with Crippen LogP contribution in [-0.4, -0.2) is 71.3 Å². The maximum Gasteiger partial charge on any atom is 0.349 e. The van der Waals surface area contributed by atoms with E-state index in [0.29, 0.717) is 34.0 Å². The van der Waals surface area contributed by atoms with Gasteiger partial charge in [-0.15, -0.1) is 22.7 Å². The number of hydrogen-bond acceptors (Lipinski definition) is 7. The predicted molar refractivity (Wildman–Crippen MR) is 116 cm³/mol. The summed E-state index contributed by atoms with van der Waals surface area (Å²) in [7, 11) is 4.49. The van der Waals surface area contributed by atoms with Gasteiger partial charge >= 0.3 is 5.97 Å². The number of fused-ring (bicyclic) bond motifs is 5. The molecule has 6 nitrogen and oxygen atoms in total. The Balaban J connectivity index is 0.000000504. The third kappa shape index (κ3) is 4.51. The number of carbonyl (C=O) groups excluding carboxylic acids is 1. The van der Waals surface area contributed by atoms with E-state index < -0.39 is 11.6 Å². The number of ether oxygens (including phenoxy) is 2. The fraction of sp³-hybridized carbons (Fsp3) is 0.591. The molecular weight excluding hydrogens is 502 g/mol. The highest BCUT2D eigenvalue weighted by Crippen LogP contribution is 2.52. The van der Waals surface area contributed by atoms with Crippen molar-refractivity contribution >= 4 is 28.6 Å². The Kier molecular flexibility index (Phi) is 7.37. The summed E-state index contributed by atoms with van der Waals surface area (Å²) in [4.78, 5) is 14.3. The summed E-state index contributed by atoms with van der Waals surface area (Å²) in [6.07, 6.45) is 1.88. The first kappa shape index (κ1) is 24.8. The van der Waals surface area contributed by atoms with Crippen molar-refractivity contribution in [2.45, 2.75) is 68.8 Å². The number of aliphatic hydroxyl groups is 2. The molecule has 5 atom stereocenters. The van der Waals surface area contributed by atoms with Crippen LogP contribution in [0.3, 0.4) is 0 Å². The van der Waals surface area contributed by atoms with Crippen LogP contribution >= 0.6 is 22.7 Å². The van der Waals surface area contributed by atoms with Gasteiger partial charge in [0.2, 0.25) is 5.60 Å². The summed E-state index contributed by atoms with van der Waals surface area (Å²) in [5.41, 5.74) is -1.72. The normalized spacial score (nSPS) is 30.0. The number of nitrogens with zero attached hydrogens (tertiary/aromatic N) is 1. The number of halogens is 1. The zero-order valence-corrected chi connectivity index (χ0v) is 21.3. The van der Waals surface area contributed by atoms with E-state index in [-0.39, 0.29) is 29.2 Å². The Morgan fingerprint density at radius 3 is 1.97 bits per heavy atom. The Labute approximate surface area is 201 Å². The molecule has 2 aromatic rings. The van der Waals surface area contributed by atoms with E-state index in [9.17, 15) is 9.90 Å². The smallest absolute Gasteiger partial charge is 0.349 e. The van der Waals surface area contributed by atoms with Crippen LogP contribution in [0.5, 0.6) is 0 Å². The largest absolute Gasteiger partial charge is 1.00 e. The van der Waals surface area contributed by atoms with Gasteiger partial charge in [-0.2, -0.15) is 0 Å². The van der Waals surface area contributed by atoms with Crippen LogP contribution in [0.1, 0.15) is 36.4 Å². The number of thiophene rings is 2. The van der Waals surface area contributed by atoms with E-state index in [1.165, 1.54) is 22.7 Å². The van der Waals surface area contributed by atoms with Crippen molar-refractivity contribution in [2.24, 2.45) is 0 Å². The van der Waals surface area contributed by atoms with Crippen LogP contribution < -0.4 is 17.0 Å². The number of carbonyl (C=O) groups is 1. The monoisotopic (exact) mass is 531 g/mol. The summed E-state index contributed by atoms with van der Waals surface area (Å²) in [5.74, 6) is -0.561. The van der Waals surface area contributed by atoms with Crippen LogP contribution in [0.4, 0.5) is 0 Å². The fourth-order valence-electron chi connectivity index (χ4n) is 4.83. The van der Waals surface area contributed by atoms with E-state index in [0.717, 1.165) is 17.3 Å². The molecule has 3 aliphatic rings. The van der Waals surface area contributed by atoms with E-state index in [1.54, 1.807) is 26.0 Å². The lowest BCUT2D eigenvalue weighted by Crippen LogP contribution is -3.00. The van der Waals surface area contributed by atoms with Crippen molar-refractivity contribution < 1.29 is 45.9 Å². The number of rotatable bonds is 4. The van der Waals surface area contributed by atoms with Gasteiger partial charge in [0.1, 0.15) is 30.4 Å². The zero-order valence-electron chi connectivity index (χ0n) is 18.1. The summed E-state index contributed by atoms with van der Waals surface area (Å²) < 4.78 is 12.6. The topological polar surface area (TPSA) is 79.3 Å². The molecule has 2 bridgehead atoms. The SMILES string of the molecule is CC(C)O.C[N+]1(C)[C@@H]2CC(OC(=O)C(O)(c3cccs3)c3cccs3)C[C@H]1[C@@H]1O[C@@H]12.[Br-]. The summed E-state index contributed by atoms with van der Waals surface area (Å²) >= 11 is 2.74. The lowest BCUT2D eigenvalue weighted by molar-refractivity contribution is -0.938. The van der Waals surface area contributed by atoms with Crippen LogP contribution in [0, 0.1) is 0 Å². The lowest BCUT2D eigenvalue weighted by Gasteiger charge is -2.45. The molecule has 0 aromatic carbocycles. The Morgan fingerprint density at radius 2 is 1.58 bits per heavy atom. The molecule has 172 valence electrons. The van der Waals surface area contributed by atoms with Crippen LogP contribution in [0.2, 0.25) is 0 Å². The molecule has 9 heteroatoms. The van der Waals surface area contributed by atoms with E-state index in [1.807, 2.05) is 22.9 Å². The first-order chi connectivity index (χ1) is 14.2. The minimum Gasteiger partial charge on any atom is -1.00 e. The van der Waals surface area contributed by atoms with Crippen molar-refractivity contribution in [1.82, 2.24) is 0 Å². The number of piperidine rings is 1. The van der Waals surface area contributed by atoms with Gasteiger partial charge in [-0.1, -0.05) is 12.1 Å². The third-order valence-electron chi connectivity index (χ3n) is 6.36. The van der Waals surface area contributed by atoms with Crippen molar-refractivity contribution in [3.63, 3.8) is 0 Å². The number of epoxide rings is 1. The number of morpholine rings is 1. The molecule has 3 fully saturated rings. The molecule has 5 rings (SSSR count). The van der Waals surface area contributed by atoms with E-state index in [2.05, 4.69) is 14.1 Å². The average molecular weight is 533 g/mol. The van der Waals surface area contributed by atoms with Crippen molar-refractivity contribution in [2.75, 3.05) is 14.1 Å². The van der Waals surface area contributed by atoms with Crippen LogP contribution in [0.15, 0.2) is 35.0 Å². The van der Waals surface area contributed by atoms with Gasteiger partial charge in [-0.25, -0.2) is 4.79 Å². The Bertz CT molecular complexity index is 814. The number of quaternary nitrogens is 1. The predicted octanol–water partition coefficient (Wildman–Crippen LogP) is -0.263. The first-order valence-corrected chi connectivity index (χ1v) is 12.1. The molecule has 3 saturated heterocycles. The number of likely N-dealkylation sites (N-methyl/N-ethyl adjacent to an activating group) is 1. The molecule has 0 saturated carbocycles. The van der Waals surface area contributed by atoms with Crippen LogP contribution in [0.25, 0.3) is 0 Å². The molecular formula is C22H30BrNO5S2. The van der Waals surface area contributed by atoms with E-state index >= 15 is 0 Å². The van der Waals surface area contributed by atoms with Gasteiger partial charge in [0.15, 0.2) is 0 Å². The Hall–Kier alpha value is -0.810. The van der Waals surface area contributed by atoms with Gasteiger partial charge in [-0.05, 0) is 36.7 Å². The van der Waals surface area contributed by atoms with Crippen molar-refractivity contribution in [3.8, 4) is 0 Å². The van der Waals surface area contributed by atoms with Gasteiger partial charge < -0.3 is 41.2 Å². The highest BCUT2D eigenvalue weighted by molar-refractivity contribution is 7.12. The number of hydrogen-bond donors (Lipinski definition) is 2. The van der Waals surface area contributed by atoms with Crippen molar-refractivity contribution in [1.29, 1.82) is 0 Å². The van der Waals surface area contributed by atoms with Gasteiger partial charge in [-0.3, -0.25) is 0 Å². The second-order valence-corrected chi connectivity index (χ2v) is 11.0. The first-order valence-electron chi connectivity index (χ1n) is 10.3. The molecule has 0 spiro atoms. The average Bonchev–Trinajstić information content (AvgIpc) is 3.02. The van der Waals surface area contributed by atoms with Gasteiger partial charge in [0.05, 0.1) is 23.8 Å². The summed E-state index contributed by atoms with van der Waals surface area (Å²) in [6.45, 7) is 3.44. The summed E-state index contributed by atoms with van der Waals surface area (Å²) in [6, 6.07) is 8.01. The maximum atomic E-state index is 13.1. The highest BCUT2D eigenvalue weighted by Gasteiger charge is 2.71. The molecule has 31 heavy (non-hydrogen) atoms. The molecule has 2 aromatic heterocycles. The molecule has 2 N–H and O–H groups in total. The summed E-state index contributed by atoms with van der Waals surface area (Å²) in [5, 5.41) is 23.2. The lowest BCUT2D eigenvalue weighted by atomic mass is 9.95. The molecule has 0 radical (unpaired) electrons. The number of esters is 1. The number of aliphatic hydroxyl groups excluding tert-OH is 1. The fourth-order valence-corrected chi connectivity index (χ4v) is 6.54. The van der Waals surface area contributed by atoms with Gasteiger partial charge in [0.25, 0.3) is 0 Å². The van der Waals surface area contributed by atoms with Crippen molar-refractivity contribution in [3.05, 3.63) is 44.8 Å². The third-order valence-corrected chi connectivity index (χ3v) is 8.32. The second-order valence-electron chi connectivity index (χ2n) is 9.09. The quantitative estimate of drug-likeness (QED) is 0.322. The molecule has 3 aliphatic heterocycles. The molecule has 1 unspecified atom stereocenters. The maximum absolute atomic E-state index is 13.1. The van der Waals surface area contributed by atoms with Crippen LogP contribution in [-0.2, 0) is 19.9 Å².